The monoisotopic (exact) mass is 1120 g/mol. The molecule has 1 fully saturated rings. The molecule has 1 saturated heterocycles. The molecule has 1 aliphatic rings. The average molecular weight is 1120 g/mol. The van der Waals surface area contributed by atoms with Gasteiger partial charge in [0.2, 0.25) is 5.91 Å². The normalized spacial score (nSPS) is 18.9. The maximum Gasteiger partial charge on any atom is 0.220 e. The van der Waals surface area contributed by atoms with Crippen molar-refractivity contribution in [2.75, 3.05) is 13.2 Å². The fourth-order valence-electron chi connectivity index (χ4n) is 10.7. The van der Waals surface area contributed by atoms with E-state index in [0.29, 0.717) is 6.42 Å². The molecule has 6 N–H and O–H groups in total. The molecule has 0 radical (unpaired) electrons. The van der Waals surface area contributed by atoms with E-state index < -0.39 is 49.5 Å². The second kappa shape index (κ2) is 59.8. The number of hydrogen-bond donors (Lipinski definition) is 6. The zero-order valence-corrected chi connectivity index (χ0v) is 52.1. The standard InChI is InChI=1S/C71H129NO8/c1-3-5-7-9-11-13-15-17-19-21-23-25-27-29-31-33-35-37-39-41-43-45-47-49-51-53-55-57-59-61-67(75)72-64(63-79-71-70(78)69(77)68(76)66(62-73)80-71)65(74)60-58-56-54-52-50-48-46-44-42-40-38-36-34-32-30-28-26-24-22-20-18-16-14-12-10-8-6-4-2/h5,7,11,13,17,19,23,25,29,31,58,60,64-66,68-71,73-74,76-78H,3-4,6,8-10,12,14-16,18,20-22,24,26-28,30,32-57,59,61-63H2,1-2H3,(H,72,75)/b7-5-,13-11-,19-17-,25-23-,31-29-,60-58+. The molecule has 1 aliphatic heterocycles. The predicted octanol–water partition coefficient (Wildman–Crippen LogP) is 18.4. The first-order chi connectivity index (χ1) is 39.3. The van der Waals surface area contributed by atoms with Crippen LogP contribution in [0, 0.1) is 0 Å². The molecule has 0 aromatic heterocycles. The summed E-state index contributed by atoms with van der Waals surface area (Å²) >= 11 is 0. The fraction of sp³-hybridized carbons (Fsp3) is 0.817. The van der Waals surface area contributed by atoms with Gasteiger partial charge in [-0.3, -0.25) is 4.79 Å². The van der Waals surface area contributed by atoms with Gasteiger partial charge < -0.3 is 40.3 Å². The molecule has 80 heavy (non-hydrogen) atoms. The van der Waals surface area contributed by atoms with Gasteiger partial charge in [-0.15, -0.1) is 0 Å². The van der Waals surface area contributed by atoms with Crippen LogP contribution in [0.1, 0.15) is 316 Å². The molecule has 0 aromatic carbocycles. The molecule has 466 valence electrons. The van der Waals surface area contributed by atoms with Crippen molar-refractivity contribution in [2.24, 2.45) is 0 Å². The van der Waals surface area contributed by atoms with Gasteiger partial charge in [0.15, 0.2) is 6.29 Å². The van der Waals surface area contributed by atoms with E-state index in [4.69, 9.17) is 9.47 Å². The first-order valence-corrected chi connectivity index (χ1v) is 34.2. The molecule has 0 bridgehead atoms. The highest BCUT2D eigenvalue weighted by molar-refractivity contribution is 5.76. The van der Waals surface area contributed by atoms with Gasteiger partial charge in [0.1, 0.15) is 24.4 Å². The summed E-state index contributed by atoms with van der Waals surface area (Å²) in [5.41, 5.74) is 0. The molecule has 0 spiro atoms. The molecule has 1 heterocycles. The molecular formula is C71H129NO8. The molecule has 0 aromatic rings. The first kappa shape index (κ1) is 75.6. The van der Waals surface area contributed by atoms with E-state index in [2.05, 4.69) is 79.9 Å². The second-order valence-electron chi connectivity index (χ2n) is 23.6. The molecular weight excluding hydrogens is 995 g/mol. The number of ether oxygens (including phenoxy) is 2. The van der Waals surface area contributed by atoms with Crippen LogP contribution < -0.4 is 5.32 Å². The summed E-state index contributed by atoms with van der Waals surface area (Å²) in [6.07, 6.45) is 77.1. The van der Waals surface area contributed by atoms with E-state index in [-0.39, 0.29) is 12.5 Å². The average Bonchev–Trinajstić information content (AvgIpc) is 3.46. The number of aliphatic hydroxyl groups is 5. The van der Waals surface area contributed by atoms with Crippen LogP contribution in [-0.4, -0.2) is 87.5 Å². The molecule has 0 aliphatic carbocycles. The van der Waals surface area contributed by atoms with Crippen molar-refractivity contribution in [1.82, 2.24) is 5.32 Å². The zero-order chi connectivity index (χ0) is 57.9. The van der Waals surface area contributed by atoms with Crippen LogP contribution in [-0.2, 0) is 14.3 Å². The number of carbonyl (C=O) groups is 1. The van der Waals surface area contributed by atoms with Crippen molar-refractivity contribution in [3.05, 3.63) is 72.9 Å². The van der Waals surface area contributed by atoms with Crippen molar-refractivity contribution in [2.45, 2.75) is 358 Å². The highest BCUT2D eigenvalue weighted by atomic mass is 16.7. The van der Waals surface area contributed by atoms with E-state index in [1.165, 1.54) is 225 Å². The third-order valence-corrected chi connectivity index (χ3v) is 16.0. The summed E-state index contributed by atoms with van der Waals surface area (Å²) < 4.78 is 11.3. The van der Waals surface area contributed by atoms with Crippen molar-refractivity contribution >= 4 is 5.91 Å². The molecule has 1 rings (SSSR count). The Bertz CT molecular complexity index is 1490. The zero-order valence-electron chi connectivity index (χ0n) is 52.1. The van der Waals surface area contributed by atoms with Crippen molar-refractivity contribution in [3.63, 3.8) is 0 Å². The lowest BCUT2D eigenvalue weighted by atomic mass is 9.99. The SMILES string of the molecule is CC/C=C\C/C=C\C/C=C\C/C=C\C/C=C\CCCCCCCCCCCCCCCC(=O)NC(COC1OC(CO)C(O)C(O)C1O)C(O)/C=C/CCCCCCCCCCCCCCCCCCCCCCCCCCCC. The van der Waals surface area contributed by atoms with Crippen LogP contribution >= 0.6 is 0 Å². The first-order valence-electron chi connectivity index (χ1n) is 34.2. The summed E-state index contributed by atoms with van der Waals surface area (Å²) in [4.78, 5) is 13.1. The van der Waals surface area contributed by atoms with Crippen LogP contribution in [0.15, 0.2) is 72.9 Å². The summed E-state index contributed by atoms with van der Waals surface area (Å²) in [5, 5.41) is 54.8. The third kappa shape index (κ3) is 48.0. The maximum absolute atomic E-state index is 13.1. The predicted molar refractivity (Wildman–Crippen MR) is 341 cm³/mol. The molecule has 7 unspecified atom stereocenters. The summed E-state index contributed by atoms with van der Waals surface area (Å²) in [6.45, 7) is 3.70. The van der Waals surface area contributed by atoms with E-state index >= 15 is 0 Å². The maximum atomic E-state index is 13.1. The van der Waals surface area contributed by atoms with Gasteiger partial charge >= 0.3 is 0 Å². The lowest BCUT2D eigenvalue weighted by molar-refractivity contribution is -0.302. The molecule has 9 nitrogen and oxygen atoms in total. The van der Waals surface area contributed by atoms with Gasteiger partial charge in [-0.1, -0.05) is 318 Å². The number of aliphatic hydroxyl groups excluding tert-OH is 5. The molecule has 9 heteroatoms. The summed E-state index contributed by atoms with van der Waals surface area (Å²) in [5.74, 6) is -0.176. The van der Waals surface area contributed by atoms with Crippen molar-refractivity contribution in [3.8, 4) is 0 Å². The van der Waals surface area contributed by atoms with E-state index in [0.717, 1.165) is 70.6 Å². The highest BCUT2D eigenvalue weighted by Crippen LogP contribution is 2.23. The van der Waals surface area contributed by atoms with Crippen LogP contribution in [0.3, 0.4) is 0 Å². The minimum absolute atomic E-state index is 0.176. The summed E-state index contributed by atoms with van der Waals surface area (Å²) in [7, 11) is 0. The smallest absolute Gasteiger partial charge is 0.220 e. The topological polar surface area (TPSA) is 149 Å². The number of carbonyl (C=O) groups excluding carboxylic acids is 1. The number of rotatable bonds is 59. The van der Waals surface area contributed by atoms with Gasteiger partial charge in [-0.05, 0) is 64.2 Å². The largest absolute Gasteiger partial charge is 0.394 e. The number of amides is 1. The minimum Gasteiger partial charge on any atom is -0.394 e. The van der Waals surface area contributed by atoms with Crippen LogP contribution in [0.5, 0.6) is 0 Å². The van der Waals surface area contributed by atoms with E-state index in [9.17, 15) is 30.3 Å². The number of unbranched alkanes of at least 4 members (excludes halogenated alkanes) is 39. The lowest BCUT2D eigenvalue weighted by Crippen LogP contribution is -2.60. The minimum atomic E-state index is -1.57. The van der Waals surface area contributed by atoms with Gasteiger partial charge in [0.25, 0.3) is 0 Å². The van der Waals surface area contributed by atoms with Crippen molar-refractivity contribution in [1.29, 1.82) is 0 Å². The van der Waals surface area contributed by atoms with Crippen LogP contribution in [0.25, 0.3) is 0 Å². The summed E-state index contributed by atoms with van der Waals surface area (Å²) in [6, 6.07) is -0.811. The highest BCUT2D eigenvalue weighted by Gasteiger charge is 2.44. The van der Waals surface area contributed by atoms with Crippen LogP contribution in [0.2, 0.25) is 0 Å². The Labute approximate surface area is 493 Å². The second-order valence-corrected chi connectivity index (χ2v) is 23.6. The van der Waals surface area contributed by atoms with E-state index in [1.54, 1.807) is 6.08 Å². The molecule has 0 saturated carbocycles. The van der Waals surface area contributed by atoms with Gasteiger partial charge in [-0.25, -0.2) is 0 Å². The molecule has 7 atom stereocenters. The quantitative estimate of drug-likeness (QED) is 0.0261. The Morgan fingerprint density at radius 1 is 0.438 bits per heavy atom. The van der Waals surface area contributed by atoms with Crippen LogP contribution in [0.4, 0.5) is 0 Å². The molecule has 1 amide bonds. The van der Waals surface area contributed by atoms with Gasteiger partial charge in [-0.2, -0.15) is 0 Å². The Hall–Kier alpha value is -2.37. The Morgan fingerprint density at radius 3 is 1.15 bits per heavy atom. The number of nitrogens with one attached hydrogen (secondary N) is 1. The fourth-order valence-corrected chi connectivity index (χ4v) is 10.7. The number of allylic oxidation sites excluding steroid dienone is 11. The lowest BCUT2D eigenvalue weighted by Gasteiger charge is -2.40. The van der Waals surface area contributed by atoms with Gasteiger partial charge in [0.05, 0.1) is 25.4 Å². The van der Waals surface area contributed by atoms with E-state index in [1.807, 2.05) is 6.08 Å². The Morgan fingerprint density at radius 2 is 0.775 bits per heavy atom. The Balaban J connectivity index is 2.15. The van der Waals surface area contributed by atoms with Gasteiger partial charge in [0, 0.05) is 6.42 Å². The third-order valence-electron chi connectivity index (χ3n) is 16.0. The Kier molecular flexibility index (Phi) is 56.5. The number of hydrogen-bond acceptors (Lipinski definition) is 8. The van der Waals surface area contributed by atoms with Crippen molar-refractivity contribution < 1.29 is 39.8 Å².